The second-order valence-corrected chi connectivity index (χ2v) is 28.8. The van der Waals surface area contributed by atoms with Gasteiger partial charge in [0, 0.05) is 22.2 Å². The molecule has 2 heteroatoms. The third kappa shape index (κ3) is 7.89. The summed E-state index contributed by atoms with van der Waals surface area (Å²) in [5.74, 6) is 1.02. The SMILES string of the molecule is COc1c(C(C)(C)C)cc2c(c1-c1cc(C(C)(C)C)cc(C(C)(C)C)c1)C=C(C)C2[Si](C)(C)C1C(C)=Cc2c(-c3cc(C(C)(C)C)cc(C(C)(C)C)c3)cc(C)cc21. The second-order valence-electron chi connectivity index (χ2n) is 24.0. The van der Waals surface area contributed by atoms with E-state index in [1.165, 1.54) is 89.0 Å². The number of fused-ring (bicyclic) bond motifs is 2. The lowest BCUT2D eigenvalue weighted by molar-refractivity contribution is 0.399. The van der Waals surface area contributed by atoms with Crippen molar-refractivity contribution in [1.29, 1.82) is 0 Å². The molecule has 4 aromatic carbocycles. The van der Waals surface area contributed by atoms with Crippen molar-refractivity contribution in [1.82, 2.24) is 0 Å². The first-order chi connectivity index (χ1) is 26.3. The highest BCUT2D eigenvalue weighted by Gasteiger charge is 2.48. The molecule has 0 bridgehead atoms. The molecule has 2 atom stereocenters. The first-order valence-corrected chi connectivity index (χ1v) is 25.1. The first kappa shape index (κ1) is 43.9. The third-order valence-electron chi connectivity index (χ3n) is 13.4. The van der Waals surface area contributed by atoms with Gasteiger partial charge in [-0.3, -0.25) is 0 Å². The fraction of sp³-hybridized carbons (Fsp3) is 0.500. The largest absolute Gasteiger partial charge is 0.496 e. The van der Waals surface area contributed by atoms with E-state index >= 15 is 0 Å². The molecule has 6 rings (SSSR count). The van der Waals surface area contributed by atoms with Crippen LogP contribution in [0, 0.1) is 6.92 Å². The normalized spacial score (nSPS) is 17.6. The molecule has 0 fully saturated rings. The molecule has 0 radical (unpaired) electrons. The Bertz CT molecular complexity index is 2280. The zero-order chi connectivity index (χ0) is 43.5. The molecule has 0 heterocycles. The molecule has 4 aromatic rings. The number of benzene rings is 4. The summed E-state index contributed by atoms with van der Waals surface area (Å²) in [6.07, 6.45) is 5.10. The fourth-order valence-electron chi connectivity index (χ4n) is 10.2. The van der Waals surface area contributed by atoms with Crippen molar-refractivity contribution in [2.45, 2.75) is 176 Å². The number of hydrogen-bond acceptors (Lipinski definition) is 1. The Kier molecular flexibility index (Phi) is 10.8. The Labute approximate surface area is 355 Å². The van der Waals surface area contributed by atoms with Crippen LogP contribution in [0.4, 0.5) is 0 Å². The van der Waals surface area contributed by atoms with Crippen LogP contribution in [-0.4, -0.2) is 15.2 Å². The molecular formula is C56H76OSi. The van der Waals surface area contributed by atoms with Crippen molar-refractivity contribution in [2.24, 2.45) is 0 Å². The van der Waals surface area contributed by atoms with Crippen molar-refractivity contribution in [2.75, 3.05) is 7.11 Å². The summed E-state index contributed by atoms with van der Waals surface area (Å²) in [4.78, 5) is 0. The van der Waals surface area contributed by atoms with E-state index in [0.717, 1.165) is 5.75 Å². The summed E-state index contributed by atoms with van der Waals surface area (Å²) in [6.45, 7) is 47.7. The van der Waals surface area contributed by atoms with Crippen LogP contribution in [0.1, 0.15) is 184 Å². The van der Waals surface area contributed by atoms with E-state index in [2.05, 4.69) is 204 Å². The van der Waals surface area contributed by atoms with E-state index < -0.39 is 8.07 Å². The van der Waals surface area contributed by atoms with E-state index in [1.807, 2.05) is 7.11 Å². The molecule has 0 saturated carbocycles. The van der Waals surface area contributed by atoms with Gasteiger partial charge in [-0.2, -0.15) is 0 Å². The minimum absolute atomic E-state index is 0.0103. The maximum Gasteiger partial charge on any atom is 0.131 e. The molecule has 0 saturated heterocycles. The van der Waals surface area contributed by atoms with Crippen LogP contribution in [0.2, 0.25) is 13.1 Å². The highest BCUT2D eigenvalue weighted by molar-refractivity contribution is 6.81. The molecule has 2 aliphatic carbocycles. The summed E-state index contributed by atoms with van der Waals surface area (Å²) in [5, 5.41) is 0. The predicted octanol–water partition coefficient (Wildman–Crippen LogP) is 16.3. The van der Waals surface area contributed by atoms with Crippen LogP contribution in [0.5, 0.6) is 5.75 Å². The van der Waals surface area contributed by atoms with Crippen molar-refractivity contribution in [3.63, 3.8) is 0 Å². The van der Waals surface area contributed by atoms with Gasteiger partial charge in [-0.15, -0.1) is 0 Å². The second kappa shape index (κ2) is 14.2. The van der Waals surface area contributed by atoms with Gasteiger partial charge in [0.2, 0.25) is 0 Å². The Balaban J connectivity index is 1.60. The highest BCUT2D eigenvalue weighted by atomic mass is 28.3. The Morgan fingerprint density at radius 2 is 0.862 bits per heavy atom. The fourth-order valence-corrected chi connectivity index (χ4v) is 15.1. The smallest absolute Gasteiger partial charge is 0.131 e. The number of allylic oxidation sites excluding steroid dienone is 2. The minimum atomic E-state index is -2.19. The molecule has 1 nitrogen and oxygen atoms in total. The van der Waals surface area contributed by atoms with Crippen molar-refractivity contribution < 1.29 is 4.74 Å². The summed E-state index contributed by atoms with van der Waals surface area (Å²) in [6, 6.07) is 22.3. The average molecular weight is 793 g/mol. The molecule has 0 aromatic heterocycles. The third-order valence-corrected chi connectivity index (χ3v) is 17.9. The molecule has 0 amide bonds. The highest BCUT2D eigenvalue weighted by Crippen LogP contribution is 2.57. The van der Waals surface area contributed by atoms with Gasteiger partial charge in [0.15, 0.2) is 0 Å². The summed E-state index contributed by atoms with van der Waals surface area (Å²) < 4.78 is 6.55. The van der Waals surface area contributed by atoms with Crippen molar-refractivity contribution >= 4 is 20.2 Å². The Morgan fingerprint density at radius 1 is 0.466 bits per heavy atom. The van der Waals surface area contributed by atoms with E-state index in [9.17, 15) is 0 Å². The lowest BCUT2D eigenvalue weighted by atomic mass is 9.77. The van der Waals surface area contributed by atoms with Gasteiger partial charge in [-0.05, 0) is 109 Å². The predicted molar refractivity (Wildman–Crippen MR) is 259 cm³/mol. The molecule has 2 unspecified atom stereocenters. The number of aryl methyl sites for hydroxylation is 1. The minimum Gasteiger partial charge on any atom is -0.496 e. The van der Waals surface area contributed by atoms with Gasteiger partial charge in [-0.25, -0.2) is 0 Å². The van der Waals surface area contributed by atoms with E-state index in [4.69, 9.17) is 4.74 Å². The van der Waals surface area contributed by atoms with Gasteiger partial charge in [0.25, 0.3) is 0 Å². The van der Waals surface area contributed by atoms with Crippen LogP contribution < -0.4 is 4.74 Å². The van der Waals surface area contributed by atoms with Crippen molar-refractivity contribution in [3.8, 4) is 28.0 Å². The van der Waals surface area contributed by atoms with Crippen LogP contribution in [0.15, 0.2) is 65.7 Å². The van der Waals surface area contributed by atoms with Gasteiger partial charge >= 0.3 is 0 Å². The monoisotopic (exact) mass is 793 g/mol. The number of hydrogen-bond donors (Lipinski definition) is 0. The lowest BCUT2D eigenvalue weighted by Crippen LogP contribution is -2.42. The van der Waals surface area contributed by atoms with Crippen molar-refractivity contribution in [3.05, 3.63) is 121 Å². The number of rotatable bonds is 5. The van der Waals surface area contributed by atoms with Gasteiger partial charge in [-0.1, -0.05) is 200 Å². The quantitative estimate of drug-likeness (QED) is 0.183. The first-order valence-electron chi connectivity index (χ1n) is 21.9. The van der Waals surface area contributed by atoms with Crippen LogP contribution in [0.3, 0.4) is 0 Å². The standard InChI is InChI=1S/C56H76OSi/c1-33-22-42(36-26-38(52(4,5)6)30-39(27-36)53(7,8)9)43-24-34(2)50(45(43)23-33)58(20,21)51-35(3)25-44-46(51)32-47(56(16,17)18)49(57-19)48(44)37-28-40(54(10,11)12)31-41(29-37)55(13,14)15/h22-32,50-51H,1-21H3. The average Bonchev–Trinajstić information content (AvgIpc) is 3.60. The molecule has 58 heavy (non-hydrogen) atoms. The number of methoxy groups -OCH3 is 1. The van der Waals surface area contributed by atoms with Crippen LogP contribution in [0.25, 0.3) is 34.4 Å². The van der Waals surface area contributed by atoms with Crippen LogP contribution in [-0.2, 0) is 27.1 Å². The zero-order valence-corrected chi connectivity index (χ0v) is 41.4. The molecular weight excluding hydrogens is 717 g/mol. The maximum atomic E-state index is 6.55. The summed E-state index contributed by atoms with van der Waals surface area (Å²) >= 11 is 0. The molecule has 0 aliphatic heterocycles. The van der Waals surface area contributed by atoms with Gasteiger partial charge in [0.1, 0.15) is 5.75 Å². The molecule has 0 spiro atoms. The molecule has 2 aliphatic rings. The van der Waals surface area contributed by atoms with Gasteiger partial charge < -0.3 is 4.74 Å². The Morgan fingerprint density at radius 3 is 1.26 bits per heavy atom. The maximum absolute atomic E-state index is 6.55. The van der Waals surface area contributed by atoms with Crippen LogP contribution >= 0.6 is 0 Å². The molecule has 310 valence electrons. The van der Waals surface area contributed by atoms with E-state index in [0.29, 0.717) is 11.1 Å². The number of ether oxygens (including phenoxy) is 1. The zero-order valence-electron chi connectivity index (χ0n) is 40.4. The topological polar surface area (TPSA) is 9.23 Å². The molecule has 0 N–H and O–H groups in total. The van der Waals surface area contributed by atoms with E-state index in [1.54, 1.807) is 0 Å². The Hall–Kier alpha value is -3.62. The van der Waals surface area contributed by atoms with E-state index in [-0.39, 0.29) is 27.1 Å². The summed E-state index contributed by atoms with van der Waals surface area (Å²) in [7, 11) is -0.306. The van der Waals surface area contributed by atoms with Gasteiger partial charge in [0.05, 0.1) is 15.2 Å². The summed E-state index contributed by atoms with van der Waals surface area (Å²) in [5.41, 5.74) is 23.1. The lowest BCUT2D eigenvalue weighted by Gasteiger charge is -2.40.